The fraction of sp³-hybridized carbons (Fsp3) is 0.214. The minimum Gasteiger partial charge on any atom is -0.337 e. The highest BCUT2D eigenvalue weighted by Gasteiger charge is 2.17. The molecule has 0 saturated carbocycles. The second-order valence-electron chi connectivity index (χ2n) is 4.78. The number of aromatic nitrogens is 2. The van der Waals surface area contributed by atoms with Crippen LogP contribution in [0.25, 0.3) is 21.7 Å². The van der Waals surface area contributed by atoms with Gasteiger partial charge in [0.2, 0.25) is 0 Å². The standard InChI is InChI=1S/C14H10F2N2S/c15-8-5-10-11(6-9(8)16)18-14(17-10)13-4-7-2-1-3-12(7)19-13/h4-6H,1-3H2,(H,17,18). The van der Waals surface area contributed by atoms with Crippen molar-refractivity contribution in [1.82, 2.24) is 9.97 Å². The average Bonchev–Trinajstić information content (AvgIpc) is 3.01. The molecule has 1 aliphatic carbocycles. The molecule has 0 spiro atoms. The highest BCUT2D eigenvalue weighted by Crippen LogP contribution is 2.36. The molecule has 0 radical (unpaired) electrons. The number of thiophene rings is 1. The van der Waals surface area contributed by atoms with E-state index in [0.717, 1.165) is 29.9 Å². The van der Waals surface area contributed by atoms with Crippen LogP contribution in [0.4, 0.5) is 8.78 Å². The summed E-state index contributed by atoms with van der Waals surface area (Å²) in [5, 5.41) is 0. The van der Waals surface area contributed by atoms with E-state index < -0.39 is 11.6 Å². The Hall–Kier alpha value is -1.75. The number of hydrogen-bond acceptors (Lipinski definition) is 2. The monoisotopic (exact) mass is 276 g/mol. The Balaban J connectivity index is 1.86. The molecule has 3 aromatic rings. The molecule has 1 N–H and O–H groups in total. The van der Waals surface area contributed by atoms with Gasteiger partial charge in [-0.2, -0.15) is 0 Å². The third-order valence-electron chi connectivity index (χ3n) is 3.50. The molecule has 1 aromatic carbocycles. The lowest BCUT2D eigenvalue weighted by atomic mass is 10.2. The van der Waals surface area contributed by atoms with Gasteiger partial charge in [0.15, 0.2) is 11.6 Å². The Morgan fingerprint density at radius 2 is 1.95 bits per heavy atom. The van der Waals surface area contributed by atoms with E-state index in [9.17, 15) is 8.78 Å². The summed E-state index contributed by atoms with van der Waals surface area (Å²) in [6, 6.07) is 4.42. The maximum absolute atomic E-state index is 13.2. The Kier molecular flexibility index (Phi) is 2.26. The van der Waals surface area contributed by atoms with Crippen molar-refractivity contribution in [3.8, 4) is 10.7 Å². The van der Waals surface area contributed by atoms with Crippen LogP contribution in [-0.2, 0) is 12.8 Å². The molecule has 0 atom stereocenters. The molecule has 0 saturated heterocycles. The maximum atomic E-state index is 13.2. The van der Waals surface area contributed by atoms with Crippen LogP contribution in [0.3, 0.4) is 0 Å². The highest BCUT2D eigenvalue weighted by atomic mass is 32.1. The molecular weight excluding hydrogens is 266 g/mol. The van der Waals surface area contributed by atoms with Crippen LogP contribution in [0.1, 0.15) is 16.9 Å². The predicted molar refractivity (Wildman–Crippen MR) is 71.3 cm³/mol. The molecule has 19 heavy (non-hydrogen) atoms. The minimum absolute atomic E-state index is 0.461. The van der Waals surface area contributed by atoms with Crippen LogP contribution < -0.4 is 0 Å². The number of halogens is 2. The molecule has 96 valence electrons. The van der Waals surface area contributed by atoms with Crippen LogP contribution >= 0.6 is 11.3 Å². The van der Waals surface area contributed by atoms with E-state index >= 15 is 0 Å². The molecule has 1 aliphatic rings. The number of imidazole rings is 1. The highest BCUT2D eigenvalue weighted by molar-refractivity contribution is 7.15. The van der Waals surface area contributed by atoms with Crippen LogP contribution in [0.5, 0.6) is 0 Å². The van der Waals surface area contributed by atoms with Crippen molar-refractivity contribution in [3.63, 3.8) is 0 Å². The molecule has 0 amide bonds. The first-order chi connectivity index (χ1) is 9.20. The normalized spacial score (nSPS) is 14.2. The summed E-state index contributed by atoms with van der Waals surface area (Å²) in [7, 11) is 0. The van der Waals surface area contributed by atoms with Crippen molar-refractivity contribution in [2.24, 2.45) is 0 Å². The lowest BCUT2D eigenvalue weighted by molar-refractivity contribution is 0.510. The maximum Gasteiger partial charge on any atom is 0.161 e. The number of benzene rings is 1. The van der Waals surface area contributed by atoms with E-state index in [2.05, 4.69) is 16.0 Å². The number of fused-ring (bicyclic) bond motifs is 2. The number of hydrogen-bond donors (Lipinski definition) is 1. The topological polar surface area (TPSA) is 28.7 Å². The molecule has 2 nitrogen and oxygen atoms in total. The third kappa shape index (κ3) is 1.69. The summed E-state index contributed by atoms with van der Waals surface area (Å²) in [4.78, 5) is 9.86. The van der Waals surface area contributed by atoms with Gasteiger partial charge in [0.1, 0.15) is 5.82 Å². The summed E-state index contributed by atoms with van der Waals surface area (Å²) >= 11 is 1.72. The predicted octanol–water partition coefficient (Wildman–Crippen LogP) is 4.06. The quantitative estimate of drug-likeness (QED) is 0.713. The molecule has 0 bridgehead atoms. The van der Waals surface area contributed by atoms with Crippen molar-refractivity contribution in [1.29, 1.82) is 0 Å². The van der Waals surface area contributed by atoms with Gasteiger partial charge in [-0.15, -0.1) is 11.3 Å². The molecule has 0 fully saturated rings. The van der Waals surface area contributed by atoms with Gasteiger partial charge in [-0.05, 0) is 30.9 Å². The van der Waals surface area contributed by atoms with E-state index in [0.29, 0.717) is 16.9 Å². The zero-order valence-corrected chi connectivity index (χ0v) is 10.8. The van der Waals surface area contributed by atoms with Crippen LogP contribution in [-0.4, -0.2) is 9.97 Å². The lowest BCUT2D eigenvalue weighted by Gasteiger charge is -1.90. The van der Waals surface area contributed by atoms with Crippen molar-refractivity contribution >= 4 is 22.4 Å². The lowest BCUT2D eigenvalue weighted by Crippen LogP contribution is -1.82. The fourth-order valence-electron chi connectivity index (χ4n) is 2.57. The summed E-state index contributed by atoms with van der Waals surface area (Å²) in [5.41, 5.74) is 2.38. The molecule has 4 rings (SSSR count). The Morgan fingerprint density at radius 1 is 1.11 bits per heavy atom. The first-order valence-corrected chi connectivity index (χ1v) is 6.99. The Labute approximate surface area is 112 Å². The zero-order chi connectivity index (χ0) is 13.0. The van der Waals surface area contributed by atoms with Gasteiger partial charge < -0.3 is 4.98 Å². The summed E-state index contributed by atoms with van der Waals surface area (Å²) in [5.74, 6) is -1.02. The largest absolute Gasteiger partial charge is 0.337 e. The van der Waals surface area contributed by atoms with Crippen molar-refractivity contribution in [2.75, 3.05) is 0 Å². The second-order valence-corrected chi connectivity index (χ2v) is 5.92. The van der Waals surface area contributed by atoms with Crippen molar-refractivity contribution < 1.29 is 8.78 Å². The smallest absolute Gasteiger partial charge is 0.161 e. The number of nitrogens with zero attached hydrogens (tertiary/aromatic N) is 1. The second kappa shape index (κ2) is 3.87. The van der Waals surface area contributed by atoms with Gasteiger partial charge in [0, 0.05) is 17.0 Å². The summed E-state index contributed by atoms with van der Waals surface area (Å²) < 4.78 is 26.3. The Bertz CT molecular complexity index is 728. The number of aromatic amines is 1. The van der Waals surface area contributed by atoms with Gasteiger partial charge in [-0.3, -0.25) is 0 Å². The molecule has 0 unspecified atom stereocenters. The third-order valence-corrected chi connectivity index (χ3v) is 4.75. The number of H-pyrrole nitrogens is 1. The number of nitrogens with one attached hydrogen (secondary N) is 1. The molecular formula is C14H10F2N2S. The van der Waals surface area contributed by atoms with E-state index in [-0.39, 0.29) is 0 Å². The first-order valence-electron chi connectivity index (χ1n) is 6.17. The number of aryl methyl sites for hydroxylation is 2. The van der Waals surface area contributed by atoms with Gasteiger partial charge in [0.25, 0.3) is 0 Å². The van der Waals surface area contributed by atoms with Gasteiger partial charge in [0.05, 0.1) is 15.9 Å². The number of rotatable bonds is 1. The van der Waals surface area contributed by atoms with Crippen molar-refractivity contribution in [3.05, 3.63) is 40.3 Å². The summed E-state index contributed by atoms with van der Waals surface area (Å²) in [6.45, 7) is 0. The van der Waals surface area contributed by atoms with E-state index in [1.165, 1.54) is 16.9 Å². The van der Waals surface area contributed by atoms with Gasteiger partial charge in [-0.1, -0.05) is 0 Å². The van der Waals surface area contributed by atoms with Crippen LogP contribution in [0.15, 0.2) is 18.2 Å². The zero-order valence-electron chi connectivity index (χ0n) is 9.96. The minimum atomic E-state index is -0.862. The SMILES string of the molecule is Fc1cc2nc(-c3cc4c(s3)CCC4)[nH]c2cc1F. The molecule has 0 aliphatic heterocycles. The fourth-order valence-corrected chi connectivity index (χ4v) is 3.77. The van der Waals surface area contributed by atoms with E-state index in [1.54, 1.807) is 11.3 Å². The van der Waals surface area contributed by atoms with Gasteiger partial charge >= 0.3 is 0 Å². The first kappa shape index (κ1) is 11.1. The van der Waals surface area contributed by atoms with E-state index in [4.69, 9.17) is 0 Å². The molecule has 2 aromatic heterocycles. The molecule has 5 heteroatoms. The van der Waals surface area contributed by atoms with Crippen LogP contribution in [0, 0.1) is 11.6 Å². The van der Waals surface area contributed by atoms with Crippen molar-refractivity contribution in [2.45, 2.75) is 19.3 Å². The van der Waals surface area contributed by atoms with Gasteiger partial charge in [-0.25, -0.2) is 13.8 Å². The molecule has 2 heterocycles. The Morgan fingerprint density at radius 3 is 2.79 bits per heavy atom. The van der Waals surface area contributed by atoms with Crippen LogP contribution in [0.2, 0.25) is 0 Å². The summed E-state index contributed by atoms with van der Waals surface area (Å²) in [6.07, 6.45) is 3.47. The average molecular weight is 276 g/mol. The van der Waals surface area contributed by atoms with E-state index in [1.807, 2.05) is 0 Å².